The molecule has 0 bridgehead atoms. The lowest BCUT2D eigenvalue weighted by molar-refractivity contribution is -0.540. The summed E-state index contributed by atoms with van der Waals surface area (Å²) in [6, 6.07) is 3.71. The van der Waals surface area contributed by atoms with Crippen LogP contribution in [0.1, 0.15) is 60.7 Å². The Morgan fingerprint density at radius 3 is 2.23 bits per heavy atom. The molecule has 0 spiro atoms. The van der Waals surface area contributed by atoms with Crippen LogP contribution in [0.25, 0.3) is 0 Å². The summed E-state index contributed by atoms with van der Waals surface area (Å²) in [5.41, 5.74) is 0.552. The van der Waals surface area contributed by atoms with Crippen LogP contribution in [0, 0.1) is 10.1 Å². The van der Waals surface area contributed by atoms with E-state index in [1.165, 1.54) is 18.2 Å². The highest BCUT2D eigenvalue weighted by atomic mass is 16.6. The van der Waals surface area contributed by atoms with Crippen molar-refractivity contribution in [2.45, 2.75) is 64.3 Å². The van der Waals surface area contributed by atoms with Crippen molar-refractivity contribution in [3.63, 3.8) is 0 Å². The molecule has 0 N–H and O–H groups in total. The molecular weight excluding hydrogens is 404 g/mol. The van der Waals surface area contributed by atoms with Crippen LogP contribution in [0.3, 0.4) is 0 Å². The number of fused-ring (bicyclic) bond motifs is 1. The minimum atomic E-state index is -1.40. The maximum atomic E-state index is 13.0. The fourth-order valence-corrected chi connectivity index (χ4v) is 4.14. The largest absolute Gasteiger partial charge is 0.463 e. The van der Waals surface area contributed by atoms with E-state index in [1.807, 2.05) is 13.8 Å². The lowest BCUT2D eigenvalue weighted by Gasteiger charge is -2.36. The van der Waals surface area contributed by atoms with Crippen molar-refractivity contribution in [2.24, 2.45) is 0 Å². The van der Waals surface area contributed by atoms with Gasteiger partial charge >= 0.3 is 5.97 Å². The van der Waals surface area contributed by atoms with Crippen molar-refractivity contribution in [3.8, 4) is 0 Å². The van der Waals surface area contributed by atoms with Gasteiger partial charge in [-0.15, -0.1) is 0 Å². The molecule has 3 rings (SSSR count). The van der Waals surface area contributed by atoms with Gasteiger partial charge in [0.2, 0.25) is 0 Å². The van der Waals surface area contributed by atoms with Gasteiger partial charge in [-0.25, -0.2) is 4.79 Å². The minimum absolute atomic E-state index is 0.130. The molecule has 0 unspecified atom stereocenters. The molecule has 0 radical (unpaired) electrons. The topological polar surface area (TPSA) is 116 Å². The van der Waals surface area contributed by atoms with Crippen LogP contribution < -0.4 is 0 Å². The van der Waals surface area contributed by atoms with E-state index in [0.29, 0.717) is 12.8 Å². The summed E-state index contributed by atoms with van der Waals surface area (Å²) in [7, 11) is 0. The van der Waals surface area contributed by atoms with Gasteiger partial charge in [-0.05, 0) is 38.0 Å². The van der Waals surface area contributed by atoms with Crippen LogP contribution >= 0.6 is 0 Å². The monoisotopic (exact) mass is 430 g/mol. The molecule has 1 heterocycles. The molecule has 0 saturated heterocycles. The first-order valence-electron chi connectivity index (χ1n) is 10.5. The molecule has 0 saturated carbocycles. The van der Waals surface area contributed by atoms with Crippen LogP contribution in [0.15, 0.2) is 35.9 Å². The average molecular weight is 430 g/mol. The van der Waals surface area contributed by atoms with Gasteiger partial charge in [0, 0.05) is 16.9 Å². The number of ether oxygens (including phenoxy) is 2. The van der Waals surface area contributed by atoms with E-state index in [2.05, 4.69) is 0 Å². The first kappa shape index (κ1) is 22.6. The zero-order valence-corrected chi connectivity index (χ0v) is 17.8. The van der Waals surface area contributed by atoms with Gasteiger partial charge in [-0.2, -0.15) is 0 Å². The van der Waals surface area contributed by atoms with Crippen molar-refractivity contribution in [1.82, 2.24) is 4.90 Å². The Kier molecular flexibility index (Phi) is 6.84. The summed E-state index contributed by atoms with van der Waals surface area (Å²) >= 11 is 0. The Labute approximate surface area is 180 Å². The Morgan fingerprint density at radius 2 is 1.74 bits per heavy atom. The molecule has 9 nitrogen and oxygen atoms in total. The summed E-state index contributed by atoms with van der Waals surface area (Å²) in [6.07, 6.45) is 1.14. The number of hydrogen-bond acceptors (Lipinski definition) is 7. The number of esters is 1. The number of benzene rings is 1. The molecule has 1 aromatic carbocycles. The molecular formula is C22H26N2O7. The number of hydrogen-bond donors (Lipinski definition) is 0. The Bertz CT molecular complexity index is 887. The van der Waals surface area contributed by atoms with E-state index in [1.54, 1.807) is 19.1 Å². The summed E-state index contributed by atoms with van der Waals surface area (Å²) < 4.78 is 11.1. The average Bonchev–Trinajstić information content (AvgIpc) is 3.01. The Morgan fingerprint density at radius 1 is 1.16 bits per heavy atom. The smallest absolute Gasteiger partial charge is 0.333 e. The van der Waals surface area contributed by atoms with E-state index in [0.717, 1.165) is 4.90 Å². The number of nitro groups is 1. The fraction of sp³-hybridized carbons (Fsp3) is 0.500. The zero-order valence-electron chi connectivity index (χ0n) is 17.8. The van der Waals surface area contributed by atoms with Crippen molar-refractivity contribution in [3.05, 3.63) is 57.2 Å². The number of rotatable bonds is 8. The SMILES string of the molecule is CCOC(=O)C1=C[C@@H](OC(CC)CC)[C@H]([N+](=O)[O-])[C@@H](N2C(=O)c3ccccc3C2=O)C1. The van der Waals surface area contributed by atoms with E-state index < -0.39 is 40.9 Å². The maximum Gasteiger partial charge on any atom is 0.333 e. The predicted octanol–water partition coefficient (Wildman–Crippen LogP) is 2.76. The molecule has 0 aromatic heterocycles. The van der Waals surface area contributed by atoms with Crippen LogP contribution in [0.5, 0.6) is 0 Å². The van der Waals surface area contributed by atoms with Gasteiger partial charge in [0.15, 0.2) is 0 Å². The molecule has 31 heavy (non-hydrogen) atoms. The van der Waals surface area contributed by atoms with Crippen molar-refractivity contribution in [2.75, 3.05) is 6.61 Å². The normalized spacial score (nSPS) is 23.0. The highest BCUT2D eigenvalue weighted by molar-refractivity contribution is 6.21. The van der Waals surface area contributed by atoms with E-state index in [-0.39, 0.29) is 35.8 Å². The molecule has 1 aromatic rings. The van der Waals surface area contributed by atoms with Gasteiger partial charge in [-0.3, -0.25) is 24.6 Å². The minimum Gasteiger partial charge on any atom is -0.463 e. The number of carbonyl (C=O) groups excluding carboxylic acids is 3. The predicted molar refractivity (Wildman–Crippen MR) is 110 cm³/mol. The molecule has 166 valence electrons. The summed E-state index contributed by atoms with van der Waals surface area (Å²) in [4.78, 5) is 51.0. The summed E-state index contributed by atoms with van der Waals surface area (Å²) in [5, 5.41) is 12.1. The van der Waals surface area contributed by atoms with Crippen molar-refractivity contribution < 1.29 is 28.8 Å². The molecule has 3 atom stereocenters. The van der Waals surface area contributed by atoms with E-state index >= 15 is 0 Å². The second-order valence-electron chi connectivity index (χ2n) is 7.52. The van der Waals surface area contributed by atoms with Gasteiger partial charge in [0.1, 0.15) is 12.1 Å². The highest BCUT2D eigenvalue weighted by Gasteiger charge is 2.53. The zero-order chi connectivity index (χ0) is 22.7. The van der Waals surface area contributed by atoms with E-state index in [4.69, 9.17) is 9.47 Å². The van der Waals surface area contributed by atoms with Crippen molar-refractivity contribution >= 4 is 17.8 Å². The summed E-state index contributed by atoms with van der Waals surface area (Å²) in [6.45, 7) is 5.58. The number of carbonyl (C=O) groups is 3. The van der Waals surface area contributed by atoms with Crippen LogP contribution in [0.2, 0.25) is 0 Å². The second-order valence-corrected chi connectivity index (χ2v) is 7.52. The van der Waals surface area contributed by atoms with Crippen LogP contribution in [-0.2, 0) is 14.3 Å². The third-order valence-electron chi connectivity index (χ3n) is 5.72. The molecule has 2 aliphatic rings. The van der Waals surface area contributed by atoms with Gasteiger partial charge in [0.25, 0.3) is 17.9 Å². The molecule has 1 aliphatic carbocycles. The first-order chi connectivity index (χ1) is 14.8. The lowest BCUT2D eigenvalue weighted by atomic mass is 9.87. The lowest BCUT2D eigenvalue weighted by Crippen LogP contribution is -2.57. The molecule has 0 fully saturated rings. The molecule has 9 heteroatoms. The van der Waals surface area contributed by atoms with Gasteiger partial charge in [-0.1, -0.05) is 26.0 Å². The standard InChI is InChI=1S/C22H26N2O7/c1-4-14(5-2)31-18-12-13(22(27)30-6-3)11-17(19(18)24(28)29)23-20(25)15-9-7-8-10-16(15)21(23)26/h7-10,12,14,17-19H,4-6,11H2,1-3H3/t17-,18+,19+/m0/s1. The van der Waals surface area contributed by atoms with Crippen molar-refractivity contribution in [1.29, 1.82) is 0 Å². The van der Waals surface area contributed by atoms with Gasteiger partial charge < -0.3 is 9.47 Å². The maximum absolute atomic E-state index is 13.0. The Balaban J connectivity index is 2.04. The van der Waals surface area contributed by atoms with Crippen LogP contribution in [-0.4, -0.2) is 58.5 Å². The third-order valence-corrected chi connectivity index (χ3v) is 5.72. The quantitative estimate of drug-likeness (QED) is 0.269. The molecule has 1 aliphatic heterocycles. The number of imide groups is 1. The second kappa shape index (κ2) is 9.38. The fourth-order valence-electron chi connectivity index (χ4n) is 4.14. The summed E-state index contributed by atoms with van der Waals surface area (Å²) in [5.74, 6) is -1.85. The highest BCUT2D eigenvalue weighted by Crippen LogP contribution is 2.34. The van der Waals surface area contributed by atoms with Gasteiger partial charge in [0.05, 0.1) is 23.8 Å². The third kappa shape index (κ3) is 4.23. The number of nitrogens with zero attached hydrogens (tertiary/aromatic N) is 2. The Hall–Kier alpha value is -3.07. The molecule has 2 amide bonds. The van der Waals surface area contributed by atoms with E-state index in [9.17, 15) is 24.5 Å². The van der Waals surface area contributed by atoms with Crippen LogP contribution in [0.4, 0.5) is 0 Å². The number of amides is 2. The first-order valence-corrected chi connectivity index (χ1v) is 10.5.